The third-order valence-electron chi connectivity index (χ3n) is 5.86. The van der Waals surface area contributed by atoms with Crippen LogP contribution in [0, 0.1) is 28.6 Å². The predicted octanol–water partition coefficient (Wildman–Crippen LogP) is 6.32. The zero-order valence-electron chi connectivity index (χ0n) is 18.8. The minimum absolute atomic E-state index is 0.180. The Morgan fingerprint density at radius 1 is 0.765 bits per heavy atom. The molecule has 0 aliphatic heterocycles. The predicted molar refractivity (Wildman–Crippen MR) is 128 cm³/mol. The number of nitriles is 2. The van der Waals surface area contributed by atoms with E-state index in [2.05, 4.69) is 17.5 Å². The normalized spacial score (nSPS) is 13.4. The Morgan fingerprint density at radius 3 is 1.74 bits per heavy atom. The van der Waals surface area contributed by atoms with E-state index in [0.29, 0.717) is 52.2 Å². The maximum atomic E-state index is 13.0. The first-order valence-electron chi connectivity index (χ1n) is 11.4. The van der Waals surface area contributed by atoms with E-state index in [1.54, 1.807) is 66.7 Å². The molecular weight excluding hydrogens is 426 g/mol. The van der Waals surface area contributed by atoms with Gasteiger partial charge in [-0.05, 0) is 79.4 Å². The van der Waals surface area contributed by atoms with Gasteiger partial charge < -0.3 is 14.8 Å². The van der Waals surface area contributed by atoms with Crippen molar-refractivity contribution in [1.82, 2.24) is 5.32 Å². The highest BCUT2D eigenvalue weighted by molar-refractivity contribution is 5.95. The Balaban J connectivity index is 1.55. The van der Waals surface area contributed by atoms with Gasteiger partial charge in [-0.3, -0.25) is 4.79 Å². The fraction of sp³-hybridized carbons (Fsp3) is 0.250. The Kier molecular flexibility index (Phi) is 7.42. The van der Waals surface area contributed by atoms with Crippen molar-refractivity contribution >= 4 is 5.91 Å². The molecule has 0 heterocycles. The largest absolute Gasteiger partial charge is 0.457 e. The summed E-state index contributed by atoms with van der Waals surface area (Å²) in [5.41, 5.74) is 1.51. The third-order valence-corrected chi connectivity index (χ3v) is 5.86. The van der Waals surface area contributed by atoms with Gasteiger partial charge in [0.2, 0.25) is 0 Å². The number of amides is 1. The second-order valence-corrected chi connectivity index (χ2v) is 8.38. The third kappa shape index (κ3) is 6.15. The molecule has 4 rings (SSSR count). The van der Waals surface area contributed by atoms with Gasteiger partial charge in [-0.15, -0.1) is 0 Å². The van der Waals surface area contributed by atoms with Crippen molar-refractivity contribution < 1.29 is 14.3 Å². The van der Waals surface area contributed by atoms with Crippen molar-refractivity contribution in [2.24, 2.45) is 5.92 Å². The molecule has 1 aliphatic carbocycles. The molecule has 1 N–H and O–H groups in total. The van der Waals surface area contributed by atoms with Gasteiger partial charge in [0.05, 0.1) is 23.3 Å². The first-order chi connectivity index (χ1) is 16.6. The van der Waals surface area contributed by atoms with Crippen molar-refractivity contribution in [2.45, 2.75) is 32.1 Å². The van der Waals surface area contributed by atoms with Gasteiger partial charge in [0, 0.05) is 18.2 Å². The van der Waals surface area contributed by atoms with Crippen LogP contribution in [0.4, 0.5) is 0 Å². The second kappa shape index (κ2) is 11.0. The Labute approximate surface area is 199 Å². The lowest BCUT2D eigenvalue weighted by Gasteiger charge is -2.21. The standard InChI is InChI=1S/C28H25N3O3/c29-17-20-6-10-24(11-7-20)33-26-14-23(28(32)31-19-22-4-2-1-3-5-22)15-27(16-26)34-25-12-8-21(18-30)9-13-25/h6-16,22H,1-5,19H2,(H,31,32). The summed E-state index contributed by atoms with van der Waals surface area (Å²) in [6, 6.07) is 22.7. The van der Waals surface area contributed by atoms with E-state index in [9.17, 15) is 4.79 Å². The van der Waals surface area contributed by atoms with E-state index < -0.39 is 0 Å². The van der Waals surface area contributed by atoms with Gasteiger partial charge in [-0.2, -0.15) is 10.5 Å². The SMILES string of the molecule is N#Cc1ccc(Oc2cc(Oc3ccc(C#N)cc3)cc(C(=O)NCC3CCCCC3)c2)cc1. The quantitative estimate of drug-likeness (QED) is 0.453. The van der Waals surface area contributed by atoms with E-state index in [1.807, 2.05) is 0 Å². The van der Waals surface area contributed by atoms with E-state index in [-0.39, 0.29) is 5.91 Å². The highest BCUT2D eigenvalue weighted by Crippen LogP contribution is 2.31. The van der Waals surface area contributed by atoms with Crippen molar-refractivity contribution in [2.75, 3.05) is 6.54 Å². The summed E-state index contributed by atoms with van der Waals surface area (Å²) in [5.74, 6) is 2.31. The molecule has 170 valence electrons. The molecule has 1 fully saturated rings. The fourth-order valence-electron chi connectivity index (χ4n) is 4.02. The lowest BCUT2D eigenvalue weighted by Crippen LogP contribution is -2.30. The first kappa shape index (κ1) is 22.9. The van der Waals surface area contributed by atoms with Gasteiger partial charge in [-0.25, -0.2) is 0 Å². The molecule has 0 radical (unpaired) electrons. The van der Waals surface area contributed by atoms with Gasteiger partial charge in [0.25, 0.3) is 5.91 Å². The molecule has 1 saturated carbocycles. The molecule has 0 unspecified atom stereocenters. The summed E-state index contributed by atoms with van der Waals surface area (Å²) in [7, 11) is 0. The number of ether oxygens (including phenoxy) is 2. The minimum Gasteiger partial charge on any atom is -0.457 e. The number of carbonyl (C=O) groups is 1. The fourth-order valence-corrected chi connectivity index (χ4v) is 4.02. The molecule has 1 aliphatic rings. The number of rotatable bonds is 7. The van der Waals surface area contributed by atoms with Crippen molar-refractivity contribution in [3.63, 3.8) is 0 Å². The summed E-state index contributed by atoms with van der Waals surface area (Å²) in [6.45, 7) is 0.658. The van der Waals surface area contributed by atoms with Crippen LogP contribution >= 0.6 is 0 Å². The van der Waals surface area contributed by atoms with E-state index in [1.165, 1.54) is 19.3 Å². The smallest absolute Gasteiger partial charge is 0.251 e. The van der Waals surface area contributed by atoms with Gasteiger partial charge in [-0.1, -0.05) is 19.3 Å². The van der Waals surface area contributed by atoms with Crippen LogP contribution < -0.4 is 14.8 Å². The number of hydrogen-bond donors (Lipinski definition) is 1. The van der Waals surface area contributed by atoms with Crippen LogP contribution in [0.15, 0.2) is 66.7 Å². The Morgan fingerprint density at radius 2 is 1.26 bits per heavy atom. The highest BCUT2D eigenvalue weighted by atomic mass is 16.5. The van der Waals surface area contributed by atoms with E-state index in [0.717, 1.165) is 12.8 Å². The zero-order chi connectivity index (χ0) is 23.8. The lowest BCUT2D eigenvalue weighted by molar-refractivity contribution is 0.0943. The van der Waals surface area contributed by atoms with Crippen LogP contribution in [0.5, 0.6) is 23.0 Å². The van der Waals surface area contributed by atoms with Crippen LogP contribution in [-0.4, -0.2) is 12.5 Å². The summed E-state index contributed by atoms with van der Waals surface area (Å²) < 4.78 is 11.9. The topological polar surface area (TPSA) is 95.1 Å². The van der Waals surface area contributed by atoms with Gasteiger partial charge in [0.15, 0.2) is 0 Å². The maximum Gasteiger partial charge on any atom is 0.251 e. The number of nitrogens with zero attached hydrogens (tertiary/aromatic N) is 2. The molecule has 0 spiro atoms. The Bertz CT molecular complexity index is 1140. The first-order valence-corrected chi connectivity index (χ1v) is 11.4. The van der Waals surface area contributed by atoms with Crippen molar-refractivity contribution in [3.05, 3.63) is 83.4 Å². The number of carbonyl (C=O) groups excluding carboxylic acids is 1. The molecule has 3 aromatic rings. The van der Waals surface area contributed by atoms with Crippen LogP contribution in [0.2, 0.25) is 0 Å². The van der Waals surface area contributed by atoms with E-state index in [4.69, 9.17) is 20.0 Å². The van der Waals surface area contributed by atoms with Gasteiger partial charge in [0.1, 0.15) is 23.0 Å². The lowest BCUT2D eigenvalue weighted by atomic mass is 9.89. The maximum absolute atomic E-state index is 13.0. The molecule has 34 heavy (non-hydrogen) atoms. The number of benzene rings is 3. The average molecular weight is 452 g/mol. The summed E-state index contributed by atoms with van der Waals surface area (Å²) in [4.78, 5) is 13.0. The molecule has 0 aromatic heterocycles. The zero-order valence-corrected chi connectivity index (χ0v) is 18.8. The molecule has 1 amide bonds. The molecule has 0 bridgehead atoms. The van der Waals surface area contributed by atoms with E-state index >= 15 is 0 Å². The molecule has 0 atom stereocenters. The summed E-state index contributed by atoms with van der Waals surface area (Å²) >= 11 is 0. The molecule has 3 aromatic carbocycles. The Hall–Kier alpha value is -4.29. The summed E-state index contributed by atoms with van der Waals surface area (Å²) in [5, 5.41) is 21.1. The highest BCUT2D eigenvalue weighted by Gasteiger charge is 2.16. The van der Waals surface area contributed by atoms with Crippen molar-refractivity contribution in [1.29, 1.82) is 10.5 Å². The number of hydrogen-bond acceptors (Lipinski definition) is 5. The number of nitrogens with one attached hydrogen (secondary N) is 1. The molecule has 6 nitrogen and oxygen atoms in total. The van der Waals surface area contributed by atoms with Crippen LogP contribution in [0.25, 0.3) is 0 Å². The molecule has 6 heteroatoms. The van der Waals surface area contributed by atoms with Crippen LogP contribution in [0.3, 0.4) is 0 Å². The average Bonchev–Trinajstić information content (AvgIpc) is 2.88. The van der Waals surface area contributed by atoms with Crippen LogP contribution in [0.1, 0.15) is 53.6 Å². The molecule has 0 saturated heterocycles. The summed E-state index contributed by atoms with van der Waals surface area (Å²) in [6.07, 6.45) is 6.01. The van der Waals surface area contributed by atoms with Gasteiger partial charge >= 0.3 is 0 Å². The second-order valence-electron chi connectivity index (χ2n) is 8.38. The van der Waals surface area contributed by atoms with Crippen LogP contribution in [-0.2, 0) is 0 Å². The minimum atomic E-state index is -0.180. The molecular formula is C28H25N3O3. The monoisotopic (exact) mass is 451 g/mol. The van der Waals surface area contributed by atoms with Crippen molar-refractivity contribution in [3.8, 4) is 35.1 Å².